The molecule has 1 aromatic carbocycles. The van der Waals surface area contributed by atoms with Crippen LogP contribution in [0.25, 0.3) is 0 Å². The third-order valence-electron chi connectivity index (χ3n) is 2.35. The van der Waals surface area contributed by atoms with E-state index in [9.17, 15) is 9.59 Å². The summed E-state index contributed by atoms with van der Waals surface area (Å²) in [6, 6.07) is 2.75. The molecule has 7 heteroatoms. The Morgan fingerprint density at radius 2 is 1.83 bits per heavy atom. The number of amides is 1. The SMILES string of the molecule is COc1cc(CC(=O)NN)c(C(=O)O)cc1OC. The number of aromatic carboxylic acids is 1. The Bertz CT molecular complexity index is 473. The minimum Gasteiger partial charge on any atom is -0.493 e. The number of ether oxygens (including phenoxy) is 2. The zero-order chi connectivity index (χ0) is 13.7. The predicted octanol–water partition coefficient (Wildman–Crippen LogP) is -0.0656. The first-order valence-electron chi connectivity index (χ1n) is 5.01. The van der Waals surface area contributed by atoms with E-state index < -0.39 is 11.9 Å². The molecule has 98 valence electrons. The maximum atomic E-state index is 11.2. The molecular weight excluding hydrogens is 240 g/mol. The number of carbonyl (C=O) groups excluding carboxylic acids is 1. The van der Waals surface area contributed by atoms with Crippen LogP contribution in [-0.2, 0) is 11.2 Å². The molecule has 18 heavy (non-hydrogen) atoms. The van der Waals surface area contributed by atoms with Crippen LogP contribution in [0.1, 0.15) is 15.9 Å². The number of carboxylic acid groups (broad SMARTS) is 1. The average Bonchev–Trinajstić information content (AvgIpc) is 2.37. The molecule has 0 aliphatic heterocycles. The minimum absolute atomic E-state index is 0.0312. The van der Waals surface area contributed by atoms with Crippen molar-refractivity contribution in [3.8, 4) is 11.5 Å². The van der Waals surface area contributed by atoms with Crippen molar-refractivity contribution in [2.24, 2.45) is 5.84 Å². The Hall–Kier alpha value is -2.28. The molecular formula is C11H14N2O5. The number of nitrogens with one attached hydrogen (secondary N) is 1. The van der Waals surface area contributed by atoms with E-state index in [0.29, 0.717) is 11.3 Å². The fourth-order valence-corrected chi connectivity index (χ4v) is 1.49. The molecule has 0 radical (unpaired) electrons. The van der Waals surface area contributed by atoms with Crippen LogP contribution in [0.15, 0.2) is 12.1 Å². The number of carboxylic acids is 1. The van der Waals surface area contributed by atoms with Crippen LogP contribution in [0.5, 0.6) is 11.5 Å². The van der Waals surface area contributed by atoms with E-state index in [2.05, 4.69) is 0 Å². The first-order chi connectivity index (χ1) is 8.53. The van der Waals surface area contributed by atoms with Crippen LogP contribution in [0.4, 0.5) is 0 Å². The van der Waals surface area contributed by atoms with Crippen LogP contribution in [0.3, 0.4) is 0 Å². The Kier molecular flexibility index (Phi) is 4.50. The molecule has 1 rings (SSSR count). The zero-order valence-electron chi connectivity index (χ0n) is 10.0. The van der Waals surface area contributed by atoms with Gasteiger partial charge in [-0.2, -0.15) is 0 Å². The molecule has 0 bridgehead atoms. The van der Waals surface area contributed by atoms with Crippen LogP contribution < -0.4 is 20.7 Å². The number of rotatable bonds is 5. The Balaban J connectivity index is 3.28. The van der Waals surface area contributed by atoms with Gasteiger partial charge in [-0.25, -0.2) is 10.6 Å². The Morgan fingerprint density at radius 3 is 2.28 bits per heavy atom. The molecule has 0 aliphatic rings. The summed E-state index contributed by atoms with van der Waals surface area (Å²) in [5.74, 6) is 3.95. The van der Waals surface area contributed by atoms with Gasteiger partial charge in [0, 0.05) is 0 Å². The lowest BCUT2D eigenvalue weighted by Gasteiger charge is -2.12. The summed E-state index contributed by atoms with van der Waals surface area (Å²) < 4.78 is 10.0. The van der Waals surface area contributed by atoms with Gasteiger partial charge in [-0.05, 0) is 17.7 Å². The quantitative estimate of drug-likeness (QED) is 0.385. The largest absolute Gasteiger partial charge is 0.493 e. The van der Waals surface area contributed by atoms with Crippen molar-refractivity contribution in [2.45, 2.75) is 6.42 Å². The van der Waals surface area contributed by atoms with Crippen molar-refractivity contribution in [3.63, 3.8) is 0 Å². The van der Waals surface area contributed by atoms with Crippen molar-refractivity contribution in [1.82, 2.24) is 5.43 Å². The second kappa shape index (κ2) is 5.87. The summed E-state index contributed by atoms with van der Waals surface area (Å²) in [5.41, 5.74) is 2.21. The summed E-state index contributed by atoms with van der Waals surface area (Å²) in [6.45, 7) is 0. The summed E-state index contributed by atoms with van der Waals surface area (Å²) >= 11 is 0. The number of benzene rings is 1. The number of nitrogens with two attached hydrogens (primary N) is 1. The minimum atomic E-state index is -1.16. The van der Waals surface area contributed by atoms with Crippen molar-refractivity contribution in [2.75, 3.05) is 14.2 Å². The molecule has 0 atom stereocenters. The maximum absolute atomic E-state index is 11.2. The molecule has 0 aromatic heterocycles. The highest BCUT2D eigenvalue weighted by molar-refractivity contribution is 5.92. The molecule has 0 saturated heterocycles. The van der Waals surface area contributed by atoms with E-state index >= 15 is 0 Å². The van der Waals surface area contributed by atoms with E-state index in [1.807, 2.05) is 5.43 Å². The molecule has 4 N–H and O–H groups in total. The van der Waals surface area contributed by atoms with Crippen LogP contribution >= 0.6 is 0 Å². The maximum Gasteiger partial charge on any atom is 0.336 e. The second-order valence-corrected chi connectivity index (χ2v) is 3.41. The van der Waals surface area contributed by atoms with Crippen LogP contribution in [-0.4, -0.2) is 31.2 Å². The van der Waals surface area contributed by atoms with Gasteiger partial charge in [0.2, 0.25) is 5.91 Å². The lowest BCUT2D eigenvalue weighted by atomic mass is 10.0. The van der Waals surface area contributed by atoms with Gasteiger partial charge in [0.25, 0.3) is 0 Å². The zero-order valence-corrected chi connectivity index (χ0v) is 10.0. The second-order valence-electron chi connectivity index (χ2n) is 3.41. The Labute approximate surface area is 103 Å². The molecule has 0 aliphatic carbocycles. The van der Waals surface area contributed by atoms with Crippen LogP contribution in [0.2, 0.25) is 0 Å². The van der Waals surface area contributed by atoms with Crippen molar-refractivity contribution < 1.29 is 24.2 Å². The van der Waals surface area contributed by atoms with Gasteiger partial charge in [0.05, 0.1) is 26.2 Å². The monoisotopic (exact) mass is 254 g/mol. The summed E-state index contributed by atoms with van der Waals surface area (Å²) in [7, 11) is 2.82. The number of methoxy groups -OCH3 is 2. The van der Waals surface area contributed by atoms with Gasteiger partial charge in [0.1, 0.15) is 0 Å². The normalized spacial score (nSPS) is 9.72. The van der Waals surface area contributed by atoms with E-state index in [-0.39, 0.29) is 17.7 Å². The van der Waals surface area contributed by atoms with E-state index in [4.69, 9.17) is 20.4 Å². The molecule has 0 fully saturated rings. The van der Waals surface area contributed by atoms with E-state index in [1.54, 1.807) is 0 Å². The predicted molar refractivity (Wildman–Crippen MR) is 62.5 cm³/mol. The molecule has 0 spiro atoms. The smallest absolute Gasteiger partial charge is 0.336 e. The van der Waals surface area contributed by atoms with Gasteiger partial charge in [-0.15, -0.1) is 0 Å². The number of carbonyl (C=O) groups is 2. The highest BCUT2D eigenvalue weighted by atomic mass is 16.5. The standard InChI is InChI=1S/C11H14N2O5/c1-17-8-3-6(4-10(14)13-12)7(11(15)16)5-9(8)18-2/h3,5H,4,12H2,1-2H3,(H,13,14)(H,15,16). The van der Waals surface area contributed by atoms with Crippen LogP contribution in [0, 0.1) is 0 Å². The first-order valence-corrected chi connectivity index (χ1v) is 5.01. The molecule has 7 nitrogen and oxygen atoms in total. The Morgan fingerprint density at radius 1 is 1.28 bits per heavy atom. The number of hydrogen-bond donors (Lipinski definition) is 3. The van der Waals surface area contributed by atoms with Gasteiger partial charge in [-0.1, -0.05) is 0 Å². The van der Waals surface area contributed by atoms with Crippen molar-refractivity contribution in [3.05, 3.63) is 23.3 Å². The fourth-order valence-electron chi connectivity index (χ4n) is 1.49. The summed E-state index contributed by atoms with van der Waals surface area (Å²) in [6.07, 6.45) is -0.154. The van der Waals surface area contributed by atoms with Gasteiger partial charge >= 0.3 is 5.97 Å². The first kappa shape index (κ1) is 13.8. The molecule has 1 aromatic rings. The molecule has 0 saturated carbocycles. The highest BCUT2D eigenvalue weighted by Gasteiger charge is 2.17. The topological polar surface area (TPSA) is 111 Å². The lowest BCUT2D eigenvalue weighted by Crippen LogP contribution is -2.31. The molecule has 1 amide bonds. The van der Waals surface area contributed by atoms with Gasteiger partial charge in [-0.3, -0.25) is 10.2 Å². The molecule has 0 unspecified atom stereocenters. The average molecular weight is 254 g/mol. The number of hydrazine groups is 1. The molecule has 0 heterocycles. The summed E-state index contributed by atoms with van der Waals surface area (Å²) in [4.78, 5) is 22.3. The third-order valence-corrected chi connectivity index (χ3v) is 2.35. The van der Waals surface area contributed by atoms with Crippen molar-refractivity contribution in [1.29, 1.82) is 0 Å². The highest BCUT2D eigenvalue weighted by Crippen LogP contribution is 2.30. The number of hydrogen-bond acceptors (Lipinski definition) is 5. The van der Waals surface area contributed by atoms with E-state index in [0.717, 1.165) is 0 Å². The lowest BCUT2D eigenvalue weighted by molar-refractivity contribution is -0.120. The third kappa shape index (κ3) is 2.89. The van der Waals surface area contributed by atoms with Crippen molar-refractivity contribution >= 4 is 11.9 Å². The fraction of sp³-hybridized carbons (Fsp3) is 0.273. The van der Waals surface area contributed by atoms with Gasteiger partial charge in [0.15, 0.2) is 11.5 Å². The van der Waals surface area contributed by atoms with E-state index in [1.165, 1.54) is 26.4 Å². The summed E-state index contributed by atoms with van der Waals surface area (Å²) in [5, 5.41) is 9.08. The van der Waals surface area contributed by atoms with Gasteiger partial charge < -0.3 is 14.6 Å².